The monoisotopic (exact) mass is 1060 g/mol. The van der Waals surface area contributed by atoms with E-state index in [1.165, 1.54) is 28.4 Å². The zero-order valence-corrected chi connectivity index (χ0v) is 43.8. The minimum Gasteiger partial charge on any atom is -0.469 e. The number of hydrogen-bond acceptors (Lipinski definition) is 14. The number of carbonyl (C=O) groups excluding carboxylic acids is 3. The van der Waals surface area contributed by atoms with Gasteiger partial charge in [0.25, 0.3) is 11.8 Å². The Morgan fingerprint density at radius 1 is 0.847 bits per heavy atom. The SMILES string of the molecule is CSCS(=O)(=O)NCCC1=C(C(=S)OC(c2ccccc2)c2ccccc2)N2C(=O)C(NC(=O)/C(=N\OC(c3ccccc3)(c3ccccc3)c3ccccc3)c3csc(NC(=O)OC(C)(C)C)n3)[C@H]2SC1. The number of oxime groups is 1. The van der Waals surface area contributed by atoms with Crippen LogP contribution in [0.3, 0.4) is 0 Å². The minimum atomic E-state index is -3.57. The van der Waals surface area contributed by atoms with Crippen LogP contribution in [0.25, 0.3) is 0 Å². The highest BCUT2D eigenvalue weighted by Crippen LogP contribution is 2.44. The topological polar surface area (TPSA) is 178 Å². The van der Waals surface area contributed by atoms with Crippen LogP contribution in [0.4, 0.5) is 9.93 Å². The molecule has 5 aromatic carbocycles. The molecule has 14 nitrogen and oxygen atoms in total. The van der Waals surface area contributed by atoms with Crippen LogP contribution in [0.2, 0.25) is 0 Å². The van der Waals surface area contributed by atoms with Gasteiger partial charge in [0.05, 0.1) is 5.70 Å². The first-order chi connectivity index (χ1) is 34.7. The Morgan fingerprint density at radius 2 is 1.38 bits per heavy atom. The number of thioether (sulfide) groups is 2. The van der Waals surface area contributed by atoms with Crippen LogP contribution in [0.1, 0.15) is 66.8 Å². The highest BCUT2D eigenvalue weighted by Gasteiger charge is 2.54. The zero-order chi connectivity index (χ0) is 50.9. The smallest absolute Gasteiger partial charge is 0.413 e. The van der Waals surface area contributed by atoms with Gasteiger partial charge in [0.2, 0.25) is 20.7 Å². The van der Waals surface area contributed by atoms with E-state index in [4.69, 9.17) is 26.5 Å². The van der Waals surface area contributed by atoms with Crippen LogP contribution in [0.5, 0.6) is 0 Å². The summed E-state index contributed by atoms with van der Waals surface area (Å²) in [6, 6.07) is 46.6. The van der Waals surface area contributed by atoms with Crippen molar-refractivity contribution in [2.75, 3.05) is 29.0 Å². The third-order valence-electron chi connectivity index (χ3n) is 11.4. The summed E-state index contributed by atoms with van der Waals surface area (Å²) < 4.78 is 40.2. The van der Waals surface area contributed by atoms with Crippen molar-refractivity contribution in [2.45, 2.75) is 55.9 Å². The maximum Gasteiger partial charge on any atom is 0.413 e. The van der Waals surface area contributed by atoms with Crippen LogP contribution < -0.4 is 15.4 Å². The van der Waals surface area contributed by atoms with Crippen LogP contribution in [-0.2, 0) is 39.5 Å². The lowest BCUT2D eigenvalue weighted by atomic mass is 9.80. The molecular weight excluding hydrogens is 1010 g/mol. The number of carbonyl (C=O) groups is 3. The normalized spacial score (nSPS) is 16.1. The van der Waals surface area contributed by atoms with Crippen molar-refractivity contribution in [1.29, 1.82) is 0 Å². The van der Waals surface area contributed by atoms with Gasteiger partial charge in [-0.25, -0.2) is 22.9 Å². The predicted molar refractivity (Wildman–Crippen MR) is 289 cm³/mol. The molecule has 372 valence electrons. The van der Waals surface area contributed by atoms with Gasteiger partial charge < -0.3 is 19.6 Å². The molecule has 3 N–H and O–H groups in total. The number of sulfonamides is 1. The van der Waals surface area contributed by atoms with Gasteiger partial charge in [-0.2, -0.15) is 0 Å². The number of thiazole rings is 1. The maximum absolute atomic E-state index is 15.0. The number of hydrogen-bond donors (Lipinski definition) is 3. The first-order valence-electron chi connectivity index (χ1n) is 22.8. The van der Waals surface area contributed by atoms with Crippen LogP contribution in [0.15, 0.2) is 173 Å². The molecule has 8 rings (SSSR count). The van der Waals surface area contributed by atoms with Crippen molar-refractivity contribution in [2.24, 2.45) is 5.16 Å². The van der Waals surface area contributed by atoms with E-state index in [0.717, 1.165) is 22.5 Å². The molecule has 6 aromatic rings. The Morgan fingerprint density at radius 3 is 1.89 bits per heavy atom. The third-order valence-corrected chi connectivity index (χ3v) is 16.6. The molecule has 3 heterocycles. The number of thiocarbonyl (C=S) groups is 1. The second-order valence-corrected chi connectivity index (χ2v) is 22.9. The van der Waals surface area contributed by atoms with Crippen LogP contribution in [0, 0.1) is 0 Å². The third kappa shape index (κ3) is 12.1. The maximum atomic E-state index is 15.0. The van der Waals surface area contributed by atoms with Crippen molar-refractivity contribution >= 4 is 90.9 Å². The molecule has 1 unspecified atom stereocenters. The predicted octanol–water partition coefficient (Wildman–Crippen LogP) is 9.62. The highest BCUT2D eigenvalue weighted by molar-refractivity contribution is 8.11. The van der Waals surface area contributed by atoms with Gasteiger partial charge in [0, 0.05) is 34.4 Å². The van der Waals surface area contributed by atoms with E-state index in [2.05, 4.69) is 25.5 Å². The van der Waals surface area contributed by atoms with Crippen LogP contribution >= 0.6 is 47.1 Å². The molecule has 1 fully saturated rings. The molecular formula is C53H52N6O8S5. The molecule has 0 radical (unpaired) electrons. The Balaban J connectivity index is 1.14. The summed E-state index contributed by atoms with van der Waals surface area (Å²) in [5.41, 5.74) is 2.45. The van der Waals surface area contributed by atoms with E-state index in [1.54, 1.807) is 32.4 Å². The molecule has 1 aromatic heterocycles. The second kappa shape index (κ2) is 23.0. The molecule has 72 heavy (non-hydrogen) atoms. The van der Waals surface area contributed by atoms with Crippen molar-refractivity contribution in [3.05, 3.63) is 202 Å². The summed E-state index contributed by atoms with van der Waals surface area (Å²) in [5.74, 6) is -0.914. The molecule has 0 bridgehead atoms. The molecule has 19 heteroatoms. The van der Waals surface area contributed by atoms with Gasteiger partial charge in [-0.1, -0.05) is 157 Å². The van der Waals surface area contributed by atoms with Crippen molar-refractivity contribution in [1.82, 2.24) is 19.9 Å². The number of aromatic nitrogens is 1. The molecule has 2 aliphatic heterocycles. The molecule has 3 amide bonds. The van der Waals surface area contributed by atoms with Crippen LogP contribution in [-0.4, -0.2) is 87.6 Å². The van der Waals surface area contributed by atoms with E-state index in [-0.39, 0.29) is 39.6 Å². The highest BCUT2D eigenvalue weighted by atomic mass is 32.3. The van der Waals surface area contributed by atoms with Gasteiger partial charge in [0.1, 0.15) is 33.9 Å². The summed E-state index contributed by atoms with van der Waals surface area (Å²) in [5, 5.41) is 11.2. The van der Waals surface area contributed by atoms with Gasteiger partial charge in [-0.3, -0.25) is 19.8 Å². The molecule has 0 spiro atoms. The lowest BCUT2D eigenvalue weighted by Gasteiger charge is -2.50. The van der Waals surface area contributed by atoms with E-state index in [1.807, 2.05) is 152 Å². The lowest BCUT2D eigenvalue weighted by Crippen LogP contribution is -2.71. The number of nitrogens with one attached hydrogen (secondary N) is 3. The summed E-state index contributed by atoms with van der Waals surface area (Å²) in [6.07, 6.45) is 0.559. The summed E-state index contributed by atoms with van der Waals surface area (Å²) in [7, 11) is -3.57. The minimum absolute atomic E-state index is 0.0420. The van der Waals surface area contributed by atoms with Crippen molar-refractivity contribution in [3.63, 3.8) is 0 Å². The lowest BCUT2D eigenvalue weighted by molar-refractivity contribution is -0.144. The largest absolute Gasteiger partial charge is 0.469 e. The summed E-state index contributed by atoms with van der Waals surface area (Å²) in [6.45, 7) is 5.28. The fourth-order valence-corrected chi connectivity index (χ4v) is 12.6. The Bertz CT molecular complexity index is 2910. The number of anilines is 1. The molecule has 2 atom stereocenters. The molecule has 2 aliphatic rings. The van der Waals surface area contributed by atoms with Crippen molar-refractivity contribution < 1.29 is 37.1 Å². The van der Waals surface area contributed by atoms with E-state index in [0.29, 0.717) is 33.7 Å². The fourth-order valence-electron chi connectivity index (χ4n) is 8.20. The number of fused-ring (bicyclic) bond motifs is 1. The zero-order valence-electron chi connectivity index (χ0n) is 39.7. The molecule has 0 aliphatic carbocycles. The van der Waals surface area contributed by atoms with Gasteiger partial charge >= 0.3 is 6.09 Å². The number of rotatable bonds is 19. The van der Waals surface area contributed by atoms with Gasteiger partial charge in [-0.15, -0.1) is 34.9 Å². The quantitative estimate of drug-likeness (QED) is 0.0231. The first kappa shape index (κ1) is 52.0. The van der Waals surface area contributed by atoms with Gasteiger partial charge in [-0.05, 0) is 62.4 Å². The Labute approximate surface area is 437 Å². The van der Waals surface area contributed by atoms with Crippen molar-refractivity contribution in [3.8, 4) is 0 Å². The number of ether oxygens (including phenoxy) is 2. The average molecular weight is 1060 g/mol. The average Bonchev–Trinajstić information content (AvgIpc) is 3.84. The second-order valence-electron chi connectivity index (χ2n) is 17.6. The Kier molecular flexibility index (Phi) is 16.6. The Hall–Kier alpha value is -6.35. The number of benzene rings is 5. The number of amides is 3. The molecule has 1 saturated heterocycles. The van der Waals surface area contributed by atoms with Gasteiger partial charge in [0.15, 0.2) is 10.8 Å². The number of β-lactam (4-membered cyclic amide) rings is 1. The summed E-state index contributed by atoms with van der Waals surface area (Å²) in [4.78, 5) is 55.4. The fraction of sp³-hybridized carbons (Fsp3) is 0.245. The first-order valence-corrected chi connectivity index (χ1v) is 28.2. The summed E-state index contributed by atoms with van der Waals surface area (Å²) >= 11 is 9.73. The number of nitrogens with zero attached hydrogens (tertiary/aromatic N) is 3. The van der Waals surface area contributed by atoms with E-state index < -0.39 is 56.7 Å². The van der Waals surface area contributed by atoms with E-state index in [9.17, 15) is 22.8 Å². The molecule has 0 saturated carbocycles. The standard InChI is InChI=1S/C53H52N6O8S5/c1-52(2,3)66-51(62)57-50-55-41(33-71-50)42(58-67-53(38-24-14-7-15-25-38,39-26-16-8-17-27-39)40-28-18-9-19-29-40)46(60)56-43-47(61)59-44(37(32-70-48(43)59)30-31-54-72(63,64)34-69-4)49(68)65-45(35-20-10-5-11-21-35)36-22-12-6-13-23-36/h5-29,33,43,45,48,54H,30-32,34H2,1-4H3,(H,56,60)(H,55,57,62)/b58-42-/t43?,48-/m1/s1. The van der Waals surface area contributed by atoms with E-state index >= 15 is 0 Å².